The van der Waals surface area contributed by atoms with E-state index in [1.54, 1.807) is 6.92 Å². The van der Waals surface area contributed by atoms with Gasteiger partial charge in [-0.3, -0.25) is 4.72 Å². The maximum Gasteiger partial charge on any atom is 0.299 e. The third-order valence-electron chi connectivity index (χ3n) is 1.91. The molecule has 0 atom stereocenters. The van der Waals surface area contributed by atoms with Crippen molar-refractivity contribution in [3.05, 3.63) is 29.8 Å². The van der Waals surface area contributed by atoms with E-state index in [2.05, 4.69) is 9.44 Å². The molecule has 18 heavy (non-hydrogen) atoms. The molecule has 0 radical (unpaired) electrons. The van der Waals surface area contributed by atoms with Gasteiger partial charge in [0.1, 0.15) is 0 Å². The topological polar surface area (TPSA) is 118 Å². The van der Waals surface area contributed by atoms with Crippen LogP contribution in [0.2, 0.25) is 0 Å². The van der Waals surface area contributed by atoms with E-state index in [-0.39, 0.29) is 12.3 Å². The fraction of sp³-hybridized carbons (Fsp3) is 0.333. The minimum atomic E-state index is -3.58. The Balaban J connectivity index is 2.78. The number of nitrogens with two attached hydrogens (primary N) is 1. The molecule has 0 unspecified atom stereocenters. The van der Waals surface area contributed by atoms with Gasteiger partial charge < -0.3 is 0 Å². The Hall–Kier alpha value is -1.16. The second-order valence-electron chi connectivity index (χ2n) is 3.61. The Bertz CT molecular complexity index is 593. The number of nitrogens with one attached hydrogen (secondary N) is 2. The summed E-state index contributed by atoms with van der Waals surface area (Å²) in [6, 6.07) is 5.92. The van der Waals surface area contributed by atoms with Gasteiger partial charge in [-0.15, -0.1) is 0 Å². The first-order valence-electron chi connectivity index (χ1n) is 5.08. The van der Waals surface area contributed by atoms with Crippen LogP contribution in [0.1, 0.15) is 12.5 Å². The molecule has 0 aromatic heterocycles. The highest BCUT2D eigenvalue weighted by molar-refractivity contribution is 7.90. The number of benzene rings is 1. The molecule has 102 valence electrons. The van der Waals surface area contributed by atoms with Crippen LogP contribution in [0.15, 0.2) is 24.3 Å². The van der Waals surface area contributed by atoms with Crippen molar-refractivity contribution in [1.82, 2.24) is 4.72 Å². The van der Waals surface area contributed by atoms with Crippen molar-refractivity contribution in [3.63, 3.8) is 0 Å². The smallest absolute Gasteiger partial charge is 0.271 e. The highest BCUT2D eigenvalue weighted by Gasteiger charge is 2.08. The van der Waals surface area contributed by atoms with E-state index in [1.165, 1.54) is 24.3 Å². The largest absolute Gasteiger partial charge is 0.299 e. The van der Waals surface area contributed by atoms with Crippen LogP contribution in [0.25, 0.3) is 0 Å². The SMILES string of the molecule is CCNS(=O)(=O)Nc1ccc(CS(N)(=O)=O)cc1. The van der Waals surface area contributed by atoms with Crippen LogP contribution in [0.5, 0.6) is 0 Å². The molecule has 0 saturated carbocycles. The zero-order chi connectivity index (χ0) is 13.8. The van der Waals surface area contributed by atoms with E-state index in [9.17, 15) is 16.8 Å². The third kappa shape index (κ3) is 5.45. The van der Waals surface area contributed by atoms with Crippen LogP contribution in [-0.4, -0.2) is 23.4 Å². The molecule has 0 bridgehead atoms. The molecular formula is C9H15N3O4S2. The Morgan fingerprint density at radius 3 is 2.11 bits per heavy atom. The first-order valence-corrected chi connectivity index (χ1v) is 8.28. The molecule has 0 fully saturated rings. The number of rotatable bonds is 6. The summed E-state index contributed by atoms with van der Waals surface area (Å²) in [4.78, 5) is 0. The van der Waals surface area contributed by atoms with Crippen molar-refractivity contribution in [3.8, 4) is 0 Å². The van der Waals surface area contributed by atoms with Gasteiger partial charge in [0.05, 0.1) is 5.75 Å². The van der Waals surface area contributed by atoms with Gasteiger partial charge in [0.15, 0.2) is 0 Å². The third-order valence-corrected chi connectivity index (χ3v) is 3.82. The summed E-state index contributed by atoms with van der Waals surface area (Å²) in [6.07, 6.45) is 0. The molecule has 0 saturated heterocycles. The van der Waals surface area contributed by atoms with Crippen LogP contribution in [-0.2, 0) is 26.0 Å². The molecule has 1 rings (SSSR count). The molecule has 1 aromatic carbocycles. The van der Waals surface area contributed by atoms with E-state index in [0.29, 0.717) is 11.3 Å². The number of primary sulfonamides is 1. The summed E-state index contributed by atoms with van der Waals surface area (Å²) in [7, 11) is -7.16. The van der Waals surface area contributed by atoms with Crippen molar-refractivity contribution in [2.75, 3.05) is 11.3 Å². The lowest BCUT2D eigenvalue weighted by Gasteiger charge is -2.08. The maximum absolute atomic E-state index is 11.4. The van der Waals surface area contributed by atoms with Gasteiger partial charge in [0.25, 0.3) is 10.2 Å². The maximum atomic E-state index is 11.4. The van der Waals surface area contributed by atoms with Crippen molar-refractivity contribution in [2.24, 2.45) is 5.14 Å². The molecule has 0 heterocycles. The van der Waals surface area contributed by atoms with Gasteiger partial charge >= 0.3 is 0 Å². The summed E-state index contributed by atoms with van der Waals surface area (Å²) in [5.74, 6) is -0.284. The quantitative estimate of drug-likeness (QED) is 0.669. The molecule has 9 heteroatoms. The van der Waals surface area contributed by atoms with Gasteiger partial charge in [0.2, 0.25) is 10.0 Å². The van der Waals surface area contributed by atoms with Crippen LogP contribution in [0.4, 0.5) is 5.69 Å². The Kier molecular flexibility index (Phi) is 4.68. The summed E-state index contributed by atoms with van der Waals surface area (Å²) in [6.45, 7) is 1.94. The molecule has 0 amide bonds. The Morgan fingerprint density at radius 2 is 1.67 bits per heavy atom. The van der Waals surface area contributed by atoms with E-state index < -0.39 is 20.2 Å². The van der Waals surface area contributed by atoms with Gasteiger partial charge in [0, 0.05) is 12.2 Å². The molecule has 0 aliphatic rings. The van der Waals surface area contributed by atoms with Gasteiger partial charge in [-0.25, -0.2) is 13.6 Å². The molecule has 0 aliphatic carbocycles. The predicted molar refractivity (Wildman–Crippen MR) is 69.5 cm³/mol. The minimum absolute atomic E-state index is 0.277. The summed E-state index contributed by atoms with van der Waals surface area (Å²) in [5.41, 5.74) is 0.831. The second-order valence-corrected chi connectivity index (χ2v) is 6.72. The normalized spacial score (nSPS) is 12.3. The molecule has 0 spiro atoms. The van der Waals surface area contributed by atoms with Gasteiger partial charge in [-0.1, -0.05) is 19.1 Å². The first kappa shape index (κ1) is 14.9. The number of sulfonamides is 1. The molecule has 0 aliphatic heterocycles. The zero-order valence-corrected chi connectivity index (χ0v) is 11.4. The Morgan fingerprint density at radius 1 is 1.11 bits per heavy atom. The van der Waals surface area contributed by atoms with Crippen LogP contribution in [0, 0.1) is 0 Å². The number of hydrogen-bond donors (Lipinski definition) is 3. The molecular weight excluding hydrogens is 278 g/mol. The lowest BCUT2D eigenvalue weighted by atomic mass is 10.2. The van der Waals surface area contributed by atoms with Crippen LogP contribution >= 0.6 is 0 Å². The first-order chi connectivity index (χ1) is 8.22. The lowest BCUT2D eigenvalue weighted by molar-refractivity contribution is 0.589. The second kappa shape index (κ2) is 5.65. The van der Waals surface area contributed by atoms with Crippen molar-refractivity contribution in [2.45, 2.75) is 12.7 Å². The Labute approximate surface area is 107 Å². The van der Waals surface area contributed by atoms with Crippen LogP contribution < -0.4 is 14.6 Å². The molecule has 1 aromatic rings. The standard InChI is InChI=1S/C9H15N3O4S2/c1-2-11-18(15,16)12-9-5-3-8(4-6-9)7-17(10,13)14/h3-6,11-12H,2,7H2,1H3,(H2,10,13,14). The van der Waals surface area contributed by atoms with Crippen molar-refractivity contribution >= 4 is 25.9 Å². The minimum Gasteiger partial charge on any atom is -0.271 e. The highest BCUT2D eigenvalue weighted by atomic mass is 32.2. The average Bonchev–Trinajstić information content (AvgIpc) is 2.18. The van der Waals surface area contributed by atoms with E-state index in [4.69, 9.17) is 5.14 Å². The van der Waals surface area contributed by atoms with Crippen molar-refractivity contribution < 1.29 is 16.8 Å². The number of anilines is 1. The summed E-state index contributed by atoms with van der Waals surface area (Å²) in [5, 5.41) is 4.90. The van der Waals surface area contributed by atoms with Gasteiger partial charge in [-0.05, 0) is 17.7 Å². The average molecular weight is 293 g/mol. The number of hydrogen-bond acceptors (Lipinski definition) is 4. The van der Waals surface area contributed by atoms with Crippen LogP contribution in [0.3, 0.4) is 0 Å². The van der Waals surface area contributed by atoms with E-state index in [1.807, 2.05) is 0 Å². The predicted octanol–water partition coefficient (Wildman–Crippen LogP) is -0.259. The zero-order valence-electron chi connectivity index (χ0n) is 9.75. The fourth-order valence-electron chi connectivity index (χ4n) is 1.28. The summed E-state index contributed by atoms with van der Waals surface area (Å²) < 4.78 is 49.0. The highest BCUT2D eigenvalue weighted by Crippen LogP contribution is 2.12. The fourth-order valence-corrected chi connectivity index (χ4v) is 2.84. The van der Waals surface area contributed by atoms with E-state index >= 15 is 0 Å². The monoisotopic (exact) mass is 293 g/mol. The lowest BCUT2D eigenvalue weighted by Crippen LogP contribution is -2.29. The molecule has 4 N–H and O–H groups in total. The van der Waals surface area contributed by atoms with Crippen molar-refractivity contribution in [1.29, 1.82) is 0 Å². The molecule has 7 nitrogen and oxygen atoms in total. The summed E-state index contributed by atoms with van der Waals surface area (Å²) >= 11 is 0. The van der Waals surface area contributed by atoms with E-state index in [0.717, 1.165) is 0 Å². The van der Waals surface area contributed by atoms with Gasteiger partial charge in [-0.2, -0.15) is 13.1 Å².